The summed E-state index contributed by atoms with van der Waals surface area (Å²) in [5.41, 5.74) is 1.71. The quantitative estimate of drug-likeness (QED) is 0.360. The van der Waals surface area contributed by atoms with E-state index in [9.17, 15) is 14.0 Å². The maximum Gasteiger partial charge on any atom is 0.256 e. The van der Waals surface area contributed by atoms with Crippen molar-refractivity contribution in [1.82, 2.24) is 4.57 Å². The summed E-state index contributed by atoms with van der Waals surface area (Å²) in [5.74, 6) is 0.770. The van der Waals surface area contributed by atoms with Gasteiger partial charge in [0.1, 0.15) is 18.1 Å². The number of nitrogens with one attached hydrogen (secondary N) is 2. The first-order valence-corrected chi connectivity index (χ1v) is 11.1. The zero-order valence-corrected chi connectivity index (χ0v) is 20.1. The molecule has 186 valence electrons. The van der Waals surface area contributed by atoms with Gasteiger partial charge in [-0.2, -0.15) is 0 Å². The van der Waals surface area contributed by atoms with Gasteiger partial charge in [-0.1, -0.05) is 6.07 Å². The largest absolute Gasteiger partial charge is 0.497 e. The lowest BCUT2D eigenvalue weighted by atomic mass is 10.1. The fourth-order valence-electron chi connectivity index (χ4n) is 3.88. The highest BCUT2D eigenvalue weighted by atomic mass is 19.1. The summed E-state index contributed by atoms with van der Waals surface area (Å²) < 4.78 is 30.8. The summed E-state index contributed by atoms with van der Waals surface area (Å²) in [5, 5.41) is 6.63. The molecule has 3 aromatic carbocycles. The number of rotatable bonds is 9. The molecule has 2 N–H and O–H groups in total. The van der Waals surface area contributed by atoms with E-state index in [2.05, 4.69) is 10.6 Å². The highest BCUT2D eigenvalue weighted by Crippen LogP contribution is 2.30. The molecule has 0 aliphatic heterocycles. The van der Waals surface area contributed by atoms with E-state index in [0.29, 0.717) is 34.0 Å². The lowest BCUT2D eigenvalue weighted by Crippen LogP contribution is -2.30. The number of pyridine rings is 1. The SMILES string of the molecule is COc1ccc2cc(CNc3ccc(OC)c(OC)c3)c(=O)n(CC(=O)Nc3cccc(F)c3)c2c1. The van der Waals surface area contributed by atoms with Gasteiger partial charge in [-0.25, -0.2) is 4.39 Å². The van der Waals surface area contributed by atoms with Crippen molar-refractivity contribution < 1.29 is 23.4 Å². The number of fused-ring (bicyclic) bond motifs is 1. The number of nitrogens with zero attached hydrogens (tertiary/aromatic N) is 1. The van der Waals surface area contributed by atoms with E-state index in [-0.39, 0.29) is 18.6 Å². The second-order valence-electron chi connectivity index (χ2n) is 7.97. The van der Waals surface area contributed by atoms with Crippen LogP contribution in [0, 0.1) is 5.82 Å². The van der Waals surface area contributed by atoms with Gasteiger partial charge in [0.05, 0.1) is 26.8 Å². The normalized spacial score (nSPS) is 10.7. The van der Waals surface area contributed by atoms with Crippen molar-refractivity contribution in [3.05, 3.63) is 88.5 Å². The van der Waals surface area contributed by atoms with Gasteiger partial charge in [0.2, 0.25) is 5.91 Å². The molecular formula is C27H26FN3O5. The zero-order chi connectivity index (χ0) is 25.7. The minimum atomic E-state index is -0.469. The fraction of sp³-hybridized carbons (Fsp3) is 0.185. The van der Waals surface area contributed by atoms with Crippen LogP contribution in [0.2, 0.25) is 0 Å². The van der Waals surface area contributed by atoms with Crippen molar-refractivity contribution in [2.24, 2.45) is 0 Å². The Kier molecular flexibility index (Phi) is 7.39. The first kappa shape index (κ1) is 24.6. The number of anilines is 2. The summed E-state index contributed by atoms with van der Waals surface area (Å²) in [6.45, 7) is -0.0506. The summed E-state index contributed by atoms with van der Waals surface area (Å²) in [6.07, 6.45) is 0. The van der Waals surface area contributed by atoms with Gasteiger partial charge in [0.15, 0.2) is 11.5 Å². The van der Waals surface area contributed by atoms with Gasteiger partial charge < -0.3 is 24.8 Å². The lowest BCUT2D eigenvalue weighted by molar-refractivity contribution is -0.116. The monoisotopic (exact) mass is 491 g/mol. The number of ether oxygens (including phenoxy) is 3. The first-order valence-electron chi connectivity index (χ1n) is 11.1. The Balaban J connectivity index is 1.66. The molecule has 36 heavy (non-hydrogen) atoms. The number of amides is 1. The molecule has 0 unspecified atom stereocenters. The summed E-state index contributed by atoms with van der Waals surface area (Å²) in [4.78, 5) is 26.3. The molecule has 0 atom stereocenters. The Hall–Kier alpha value is -4.53. The lowest BCUT2D eigenvalue weighted by Gasteiger charge is -2.15. The van der Waals surface area contributed by atoms with E-state index in [1.165, 1.54) is 29.9 Å². The Morgan fingerprint density at radius 1 is 0.889 bits per heavy atom. The maximum atomic E-state index is 13.5. The minimum Gasteiger partial charge on any atom is -0.497 e. The number of carbonyl (C=O) groups is 1. The van der Waals surface area contributed by atoms with Gasteiger partial charge in [-0.3, -0.25) is 14.2 Å². The first-order chi connectivity index (χ1) is 17.4. The van der Waals surface area contributed by atoms with Crippen LogP contribution in [0.4, 0.5) is 15.8 Å². The Bertz CT molecular complexity index is 1470. The fourth-order valence-corrected chi connectivity index (χ4v) is 3.88. The molecular weight excluding hydrogens is 465 g/mol. The number of halogens is 1. The van der Waals surface area contributed by atoms with Crippen LogP contribution in [-0.2, 0) is 17.9 Å². The van der Waals surface area contributed by atoms with Crippen molar-refractivity contribution in [3.8, 4) is 17.2 Å². The summed E-state index contributed by atoms with van der Waals surface area (Å²) in [6, 6.07) is 18.0. The van der Waals surface area contributed by atoms with Crippen LogP contribution in [0.5, 0.6) is 17.2 Å². The molecule has 0 spiro atoms. The summed E-state index contributed by atoms with van der Waals surface area (Å²) in [7, 11) is 4.64. The van der Waals surface area contributed by atoms with Crippen LogP contribution in [0.1, 0.15) is 5.56 Å². The number of aromatic nitrogens is 1. The number of carbonyl (C=O) groups excluding carboxylic acids is 1. The second-order valence-corrected chi connectivity index (χ2v) is 7.97. The van der Waals surface area contributed by atoms with E-state index in [4.69, 9.17) is 14.2 Å². The maximum absolute atomic E-state index is 13.5. The average molecular weight is 492 g/mol. The van der Waals surface area contributed by atoms with Crippen LogP contribution < -0.4 is 30.4 Å². The van der Waals surface area contributed by atoms with Crippen LogP contribution in [0.3, 0.4) is 0 Å². The molecule has 1 heterocycles. The van der Waals surface area contributed by atoms with Gasteiger partial charge in [0, 0.05) is 35.6 Å². The van der Waals surface area contributed by atoms with Crippen molar-refractivity contribution in [2.75, 3.05) is 32.0 Å². The molecule has 8 nitrogen and oxygen atoms in total. The van der Waals surface area contributed by atoms with Gasteiger partial charge in [-0.15, -0.1) is 0 Å². The molecule has 4 rings (SSSR count). The highest BCUT2D eigenvalue weighted by molar-refractivity contribution is 5.92. The van der Waals surface area contributed by atoms with E-state index in [1.54, 1.807) is 50.6 Å². The number of benzene rings is 3. The van der Waals surface area contributed by atoms with Crippen LogP contribution in [0.15, 0.2) is 71.5 Å². The molecule has 0 fully saturated rings. The number of hydrogen-bond acceptors (Lipinski definition) is 6. The number of methoxy groups -OCH3 is 3. The van der Waals surface area contributed by atoms with Crippen molar-refractivity contribution in [3.63, 3.8) is 0 Å². The van der Waals surface area contributed by atoms with Crippen LogP contribution in [0.25, 0.3) is 10.9 Å². The number of hydrogen-bond donors (Lipinski definition) is 2. The van der Waals surface area contributed by atoms with Gasteiger partial charge in [0.25, 0.3) is 5.56 Å². The molecule has 4 aromatic rings. The molecule has 9 heteroatoms. The predicted octanol–water partition coefficient (Wildman–Crippen LogP) is 4.42. The standard InChI is InChI=1S/C27H26FN3O5/c1-34-22-9-7-17-11-18(15-29-20-8-10-24(35-2)25(13-20)36-3)27(33)31(23(17)14-22)16-26(32)30-21-6-4-5-19(28)12-21/h4-14,29H,15-16H2,1-3H3,(H,30,32). The average Bonchev–Trinajstić information content (AvgIpc) is 2.88. The molecule has 0 saturated heterocycles. The van der Waals surface area contributed by atoms with E-state index in [0.717, 1.165) is 11.1 Å². The third-order valence-electron chi connectivity index (χ3n) is 5.65. The summed E-state index contributed by atoms with van der Waals surface area (Å²) >= 11 is 0. The predicted molar refractivity (Wildman–Crippen MR) is 137 cm³/mol. The zero-order valence-electron chi connectivity index (χ0n) is 20.1. The highest BCUT2D eigenvalue weighted by Gasteiger charge is 2.14. The molecule has 0 aliphatic carbocycles. The van der Waals surface area contributed by atoms with Crippen molar-refractivity contribution in [2.45, 2.75) is 13.1 Å². The second kappa shape index (κ2) is 10.8. The Morgan fingerprint density at radius 3 is 2.42 bits per heavy atom. The third kappa shape index (κ3) is 5.41. The Labute approximate surface area is 207 Å². The smallest absolute Gasteiger partial charge is 0.256 e. The van der Waals surface area contributed by atoms with Gasteiger partial charge >= 0.3 is 0 Å². The van der Waals surface area contributed by atoms with E-state index < -0.39 is 11.7 Å². The van der Waals surface area contributed by atoms with E-state index >= 15 is 0 Å². The van der Waals surface area contributed by atoms with Crippen LogP contribution in [-0.4, -0.2) is 31.8 Å². The minimum absolute atomic E-state index is 0.210. The molecule has 0 saturated carbocycles. The molecule has 0 bridgehead atoms. The van der Waals surface area contributed by atoms with Crippen molar-refractivity contribution in [1.29, 1.82) is 0 Å². The Morgan fingerprint density at radius 2 is 1.69 bits per heavy atom. The van der Waals surface area contributed by atoms with Crippen molar-refractivity contribution >= 4 is 28.2 Å². The molecule has 0 radical (unpaired) electrons. The molecule has 1 aromatic heterocycles. The van der Waals surface area contributed by atoms with Gasteiger partial charge in [-0.05, 0) is 53.9 Å². The van der Waals surface area contributed by atoms with E-state index in [1.807, 2.05) is 12.1 Å². The van der Waals surface area contributed by atoms with Crippen LogP contribution >= 0.6 is 0 Å². The molecule has 1 amide bonds. The molecule has 0 aliphatic rings. The third-order valence-corrected chi connectivity index (χ3v) is 5.65. The topological polar surface area (TPSA) is 90.8 Å².